The smallest absolute Gasteiger partial charge is 0.172 e. The van der Waals surface area contributed by atoms with Crippen molar-refractivity contribution in [1.82, 2.24) is 9.13 Å². The van der Waals surface area contributed by atoms with Gasteiger partial charge in [0.25, 0.3) is 0 Å². The number of nitriles is 1. The number of para-hydroxylation sites is 2. The van der Waals surface area contributed by atoms with Gasteiger partial charge in [-0.3, -0.25) is 0 Å². The normalized spacial score (nSPS) is 15.8. The molecule has 3 aliphatic rings. The minimum atomic E-state index is -3.13. The Balaban J connectivity index is 0.000000142. The number of hydrogen-bond donors (Lipinski definition) is 0. The molecule has 18 aromatic rings. The summed E-state index contributed by atoms with van der Waals surface area (Å²) in [6.07, 6.45) is 0. The second kappa shape index (κ2) is 22.8. The zero-order valence-electron chi connectivity index (χ0n) is 55.7. The quantitative estimate of drug-likeness (QED) is 0.118. The highest BCUT2D eigenvalue weighted by Gasteiger charge is 2.43. The SMILES string of the molecule is CC1(C)c2cc(C#N)ccc2-c2ccc(-c3c4ccccc4c(-n4c5ccccc5c5cc6c(cc54)-c4ccccc4P6(=O)c4ccccc4)c4ccccc34)cc21.O=P1(c2ccccc2)c2ccccc2-c2cc3c(cc21)c1ccccc1n3-c1ccc(-c2ccc(-c3ccccc3)s2)cc1. The van der Waals surface area contributed by atoms with Crippen molar-refractivity contribution >= 4 is 123 Å². The molecule has 2 aliphatic heterocycles. The van der Waals surface area contributed by atoms with Crippen LogP contribution in [0.3, 0.4) is 0 Å². The van der Waals surface area contributed by atoms with E-state index in [1.165, 1.54) is 65.0 Å². The molecule has 5 heterocycles. The minimum Gasteiger partial charge on any atom is -0.309 e. The second-order valence-electron chi connectivity index (χ2n) is 27.6. The molecule has 0 N–H and O–H groups in total. The number of thiophene rings is 1. The summed E-state index contributed by atoms with van der Waals surface area (Å²) in [5.74, 6) is 0. The summed E-state index contributed by atoms with van der Waals surface area (Å²) in [6, 6.07) is 120. The molecular formula is C94H61N3O2P2S. The third-order valence-corrected chi connectivity index (χ3v) is 29.3. The van der Waals surface area contributed by atoms with Crippen LogP contribution >= 0.6 is 25.6 Å². The molecule has 3 aromatic heterocycles. The highest BCUT2D eigenvalue weighted by atomic mass is 32.1. The second-order valence-corrected chi connectivity index (χ2v) is 34.0. The molecule has 2 atom stereocenters. The summed E-state index contributed by atoms with van der Waals surface area (Å²) in [5.41, 5.74) is 21.1. The maximum Gasteiger partial charge on any atom is 0.172 e. The molecule has 0 bridgehead atoms. The summed E-state index contributed by atoms with van der Waals surface area (Å²) in [4.78, 5) is 2.53. The summed E-state index contributed by atoms with van der Waals surface area (Å²) >= 11 is 1.82. The summed E-state index contributed by atoms with van der Waals surface area (Å²) < 4.78 is 35.6. The molecule has 0 amide bonds. The Morgan fingerprint density at radius 1 is 0.324 bits per heavy atom. The number of nitrogens with zero attached hydrogens (tertiary/aromatic N) is 3. The van der Waals surface area contributed by atoms with E-state index in [0.29, 0.717) is 5.56 Å². The zero-order chi connectivity index (χ0) is 68.2. The molecule has 1 aliphatic carbocycles. The zero-order valence-corrected chi connectivity index (χ0v) is 58.3. The van der Waals surface area contributed by atoms with Crippen LogP contribution in [-0.2, 0) is 14.5 Å². The minimum absolute atomic E-state index is 0.259. The molecule has 0 radical (unpaired) electrons. The highest BCUT2D eigenvalue weighted by molar-refractivity contribution is 7.87. The maximum absolute atomic E-state index is 15.6. The molecule has 8 heteroatoms. The third-order valence-electron chi connectivity index (χ3n) is 21.9. The van der Waals surface area contributed by atoms with Gasteiger partial charge >= 0.3 is 0 Å². The fourth-order valence-electron chi connectivity index (χ4n) is 17.2. The Kier molecular flexibility index (Phi) is 13.4. The Hall–Kier alpha value is -11.9. The average molecular weight is 1360 g/mol. The van der Waals surface area contributed by atoms with Gasteiger partial charge in [-0.25, -0.2) is 0 Å². The number of benzene rings is 15. The van der Waals surface area contributed by atoms with Crippen molar-refractivity contribution in [2.24, 2.45) is 0 Å². The van der Waals surface area contributed by atoms with Gasteiger partial charge in [-0.2, -0.15) is 5.26 Å². The van der Waals surface area contributed by atoms with Crippen LogP contribution in [0.4, 0.5) is 0 Å². The first-order valence-electron chi connectivity index (χ1n) is 34.6. The first-order chi connectivity index (χ1) is 50.1. The standard InChI is InChI=1S/C54H35N2OP.C40H26NOPS/c1-54(2)46-28-33(32-55)24-26-36(46)37-27-25-34(29-47(37)54)52-40-18-6-8-20-42(40)53(43-21-9-7-19-41(43)52)56-48-22-12-10-16-38(48)44-31-51-45(30-49(44)56)39-17-11-13-23-50(39)58(51,57)35-14-4-3-5-15-35;42-43(30-13-5-2-6-14-30)37-18-10-8-16-32(37)34-25-36-33(26-38(34)43)31-15-7-9-17-35(31)41(36)29-21-19-28(20-22-29)40-24-23-39(44-40)27-11-3-1-4-12-27/h3-31H,1-2H3;1-26H. The molecule has 5 nitrogen and oxygen atoms in total. The van der Waals surface area contributed by atoms with Crippen molar-refractivity contribution in [2.75, 3.05) is 0 Å². The van der Waals surface area contributed by atoms with Gasteiger partial charge in [-0.15, -0.1) is 11.3 Å². The molecule has 0 fully saturated rings. The van der Waals surface area contributed by atoms with E-state index in [1.807, 2.05) is 96.3 Å². The molecule has 0 saturated carbocycles. The van der Waals surface area contributed by atoms with Crippen molar-refractivity contribution in [1.29, 1.82) is 5.26 Å². The Morgan fingerprint density at radius 3 is 1.28 bits per heavy atom. The number of hydrogen-bond acceptors (Lipinski definition) is 4. The van der Waals surface area contributed by atoms with Crippen molar-refractivity contribution in [3.8, 4) is 82.8 Å². The van der Waals surface area contributed by atoms with E-state index < -0.39 is 14.3 Å². The highest BCUT2D eigenvalue weighted by Crippen LogP contribution is 2.57. The van der Waals surface area contributed by atoms with Gasteiger partial charge in [0.1, 0.15) is 0 Å². The fraction of sp³-hybridized carbons (Fsp3) is 0.0319. The van der Waals surface area contributed by atoms with E-state index in [2.05, 4.69) is 278 Å². The lowest BCUT2D eigenvalue weighted by Crippen LogP contribution is -2.20. The Morgan fingerprint density at radius 2 is 0.745 bits per heavy atom. The van der Waals surface area contributed by atoms with E-state index in [4.69, 9.17) is 0 Å². The summed E-state index contributed by atoms with van der Waals surface area (Å²) in [7, 11) is -6.15. The lowest BCUT2D eigenvalue weighted by Gasteiger charge is -2.23. The van der Waals surface area contributed by atoms with E-state index in [-0.39, 0.29) is 5.41 Å². The van der Waals surface area contributed by atoms with Crippen molar-refractivity contribution < 1.29 is 9.13 Å². The molecule has 21 rings (SSSR count). The third kappa shape index (κ3) is 8.70. The number of fused-ring (bicyclic) bond motifs is 17. The average Bonchev–Trinajstić information content (AvgIpc) is 1.59. The van der Waals surface area contributed by atoms with Crippen LogP contribution in [-0.4, -0.2) is 9.13 Å². The van der Waals surface area contributed by atoms with Crippen LogP contribution in [0.5, 0.6) is 0 Å². The van der Waals surface area contributed by atoms with Crippen molar-refractivity contribution in [3.63, 3.8) is 0 Å². The molecule has 2 unspecified atom stereocenters. The topological polar surface area (TPSA) is 67.8 Å². The molecular weight excluding hydrogens is 1300 g/mol. The van der Waals surface area contributed by atoms with Gasteiger partial charge in [0.2, 0.25) is 0 Å². The van der Waals surface area contributed by atoms with E-state index in [9.17, 15) is 5.26 Å². The van der Waals surface area contributed by atoms with Gasteiger partial charge in [0, 0.05) is 85.0 Å². The van der Waals surface area contributed by atoms with E-state index >= 15 is 9.13 Å². The monoisotopic (exact) mass is 1360 g/mol. The van der Waals surface area contributed by atoms with E-state index in [0.717, 1.165) is 120 Å². The molecule has 102 heavy (non-hydrogen) atoms. The largest absolute Gasteiger partial charge is 0.309 e. The lowest BCUT2D eigenvalue weighted by molar-refractivity contribution is 0.592. The Labute approximate surface area is 594 Å². The molecule has 0 saturated heterocycles. The van der Waals surface area contributed by atoms with Gasteiger partial charge in [0.05, 0.1) is 39.4 Å². The van der Waals surface area contributed by atoms with Crippen LogP contribution in [0.15, 0.2) is 334 Å². The van der Waals surface area contributed by atoms with Crippen molar-refractivity contribution in [2.45, 2.75) is 19.3 Å². The first kappa shape index (κ1) is 60.1. The molecule has 15 aromatic carbocycles. The predicted molar refractivity (Wildman–Crippen MR) is 430 cm³/mol. The lowest BCUT2D eigenvalue weighted by atomic mass is 9.80. The first-order valence-corrected chi connectivity index (χ1v) is 38.9. The van der Waals surface area contributed by atoms with Gasteiger partial charge < -0.3 is 18.3 Å². The Bertz CT molecular complexity index is 6680. The van der Waals surface area contributed by atoms with Gasteiger partial charge in [0.15, 0.2) is 14.3 Å². The van der Waals surface area contributed by atoms with E-state index in [1.54, 1.807) is 0 Å². The van der Waals surface area contributed by atoms with Crippen LogP contribution < -0.4 is 31.8 Å². The molecule has 0 spiro atoms. The summed E-state index contributed by atoms with van der Waals surface area (Å²) in [5, 5.41) is 24.4. The summed E-state index contributed by atoms with van der Waals surface area (Å²) in [6.45, 7) is 4.55. The van der Waals surface area contributed by atoms with Crippen LogP contribution in [0, 0.1) is 11.3 Å². The van der Waals surface area contributed by atoms with Crippen molar-refractivity contribution in [3.05, 3.63) is 350 Å². The van der Waals surface area contributed by atoms with Gasteiger partial charge in [-0.05, 0) is 156 Å². The van der Waals surface area contributed by atoms with Gasteiger partial charge in [-0.1, -0.05) is 269 Å². The number of rotatable bonds is 7. The predicted octanol–water partition coefficient (Wildman–Crippen LogP) is 22.4. The fourth-order valence-corrected chi connectivity index (χ4v) is 24.3. The number of aromatic nitrogens is 2. The van der Waals surface area contributed by atoms with Crippen LogP contribution in [0.1, 0.15) is 30.5 Å². The van der Waals surface area contributed by atoms with Crippen LogP contribution in [0.25, 0.3) is 142 Å². The molecule has 480 valence electrons. The maximum atomic E-state index is 15.6. The van der Waals surface area contributed by atoms with Crippen LogP contribution in [0.2, 0.25) is 0 Å².